The molecule has 0 aliphatic rings. The molecule has 3 N–H and O–H groups in total. The number of nitrogens with one attached hydrogen (secondary N) is 1. The second-order valence-electron chi connectivity index (χ2n) is 1.29. The number of urea groups is 1. The fourth-order valence-corrected chi connectivity index (χ4v) is 0.248. The van der Waals surface area contributed by atoms with Gasteiger partial charge in [-0.25, -0.2) is 4.79 Å². The number of halogens is 1. The first-order valence-electron chi connectivity index (χ1n) is 2.30. The molecule has 50 valence electrons. The first-order chi connectivity index (χ1) is 3.27. The SMILES string of the molecule is CCCNC(N)=O.I. The van der Waals surface area contributed by atoms with Crippen LogP contribution in [-0.4, -0.2) is 12.6 Å². The van der Waals surface area contributed by atoms with Gasteiger partial charge in [0.05, 0.1) is 0 Å². The summed E-state index contributed by atoms with van der Waals surface area (Å²) in [6.07, 6.45) is 0.933. The van der Waals surface area contributed by atoms with E-state index in [9.17, 15) is 4.79 Å². The molecule has 0 rings (SSSR count). The van der Waals surface area contributed by atoms with Gasteiger partial charge in [0.1, 0.15) is 0 Å². The Morgan fingerprint density at radius 1 is 1.75 bits per heavy atom. The van der Waals surface area contributed by atoms with E-state index in [1.807, 2.05) is 6.92 Å². The van der Waals surface area contributed by atoms with Crippen molar-refractivity contribution in [3.63, 3.8) is 0 Å². The van der Waals surface area contributed by atoms with Crippen molar-refractivity contribution >= 4 is 30.0 Å². The predicted molar refractivity (Wildman–Crippen MR) is 43.3 cm³/mol. The molecule has 3 nitrogen and oxygen atoms in total. The third kappa shape index (κ3) is 9.38. The predicted octanol–water partition coefficient (Wildman–Crippen LogP) is 0.683. The van der Waals surface area contributed by atoms with Crippen LogP contribution in [-0.2, 0) is 0 Å². The lowest BCUT2D eigenvalue weighted by Gasteiger charge is -1.93. The van der Waals surface area contributed by atoms with Crippen LogP contribution in [0.25, 0.3) is 0 Å². The highest BCUT2D eigenvalue weighted by molar-refractivity contribution is 14.0. The minimum Gasteiger partial charge on any atom is -0.352 e. The molecule has 0 unspecified atom stereocenters. The van der Waals surface area contributed by atoms with Crippen LogP contribution in [0.5, 0.6) is 0 Å². The van der Waals surface area contributed by atoms with Crippen molar-refractivity contribution in [3.05, 3.63) is 0 Å². The zero-order chi connectivity index (χ0) is 5.70. The van der Waals surface area contributed by atoms with Crippen LogP contribution in [0.3, 0.4) is 0 Å². The summed E-state index contributed by atoms with van der Waals surface area (Å²) in [5.74, 6) is 0. The number of carbonyl (C=O) groups is 1. The Morgan fingerprint density at radius 2 is 2.25 bits per heavy atom. The highest BCUT2D eigenvalue weighted by Gasteiger charge is 1.83. The van der Waals surface area contributed by atoms with Crippen LogP contribution in [0.2, 0.25) is 0 Å². The van der Waals surface area contributed by atoms with Crippen LogP contribution in [0.15, 0.2) is 0 Å². The largest absolute Gasteiger partial charge is 0.352 e. The number of rotatable bonds is 2. The number of hydrogen-bond donors (Lipinski definition) is 2. The summed E-state index contributed by atoms with van der Waals surface area (Å²) in [5.41, 5.74) is 4.73. The van der Waals surface area contributed by atoms with Crippen molar-refractivity contribution in [2.24, 2.45) is 5.73 Å². The summed E-state index contributed by atoms with van der Waals surface area (Å²) >= 11 is 0. The van der Waals surface area contributed by atoms with Gasteiger partial charge in [0.15, 0.2) is 0 Å². The molecule has 0 aromatic carbocycles. The number of carbonyl (C=O) groups excluding carboxylic acids is 1. The second-order valence-corrected chi connectivity index (χ2v) is 1.29. The average Bonchev–Trinajstić information content (AvgIpc) is 1.61. The summed E-state index contributed by atoms with van der Waals surface area (Å²) in [4.78, 5) is 9.87. The van der Waals surface area contributed by atoms with E-state index in [1.54, 1.807) is 0 Å². The van der Waals surface area contributed by atoms with Gasteiger partial charge in [-0.3, -0.25) is 0 Å². The summed E-state index contributed by atoms with van der Waals surface area (Å²) in [6.45, 7) is 2.64. The molecule has 0 saturated heterocycles. The zero-order valence-corrected chi connectivity index (χ0v) is 7.14. The van der Waals surface area contributed by atoms with Crippen molar-refractivity contribution in [3.8, 4) is 0 Å². The Bertz CT molecular complexity index is 67.1. The molecule has 0 radical (unpaired) electrons. The van der Waals surface area contributed by atoms with Crippen LogP contribution in [0.4, 0.5) is 4.79 Å². The van der Waals surface area contributed by atoms with E-state index < -0.39 is 6.03 Å². The lowest BCUT2D eigenvalue weighted by molar-refractivity contribution is 0.249. The first kappa shape index (κ1) is 10.9. The Balaban J connectivity index is 0. The van der Waals surface area contributed by atoms with Gasteiger partial charge in [-0.15, -0.1) is 24.0 Å². The Morgan fingerprint density at radius 3 is 2.38 bits per heavy atom. The molecule has 0 aromatic heterocycles. The van der Waals surface area contributed by atoms with Gasteiger partial charge in [-0.2, -0.15) is 0 Å². The summed E-state index contributed by atoms with van der Waals surface area (Å²) in [5, 5.41) is 2.43. The van der Waals surface area contributed by atoms with Gasteiger partial charge in [0.2, 0.25) is 0 Å². The van der Waals surface area contributed by atoms with Gasteiger partial charge in [-0.1, -0.05) is 6.92 Å². The first-order valence-corrected chi connectivity index (χ1v) is 2.30. The number of primary amides is 1. The van der Waals surface area contributed by atoms with Crippen LogP contribution >= 0.6 is 24.0 Å². The summed E-state index contributed by atoms with van der Waals surface area (Å²) in [6, 6.07) is -0.443. The van der Waals surface area contributed by atoms with Crippen molar-refractivity contribution in [1.29, 1.82) is 0 Å². The molecule has 0 heterocycles. The molecule has 0 atom stereocenters. The average molecular weight is 230 g/mol. The maximum absolute atomic E-state index is 9.87. The molecule has 0 aliphatic heterocycles. The maximum atomic E-state index is 9.87. The zero-order valence-electron chi connectivity index (χ0n) is 4.81. The van der Waals surface area contributed by atoms with E-state index in [0.29, 0.717) is 6.54 Å². The fourth-order valence-electron chi connectivity index (χ4n) is 0.248. The highest BCUT2D eigenvalue weighted by Crippen LogP contribution is 1.66. The van der Waals surface area contributed by atoms with Gasteiger partial charge in [-0.05, 0) is 6.42 Å². The molecule has 4 heteroatoms. The Kier molecular flexibility index (Phi) is 9.53. The number of hydrogen-bond acceptors (Lipinski definition) is 1. The maximum Gasteiger partial charge on any atom is 0.312 e. The highest BCUT2D eigenvalue weighted by atomic mass is 127. The second kappa shape index (κ2) is 7.00. The van der Waals surface area contributed by atoms with Crippen molar-refractivity contribution in [1.82, 2.24) is 5.32 Å². The van der Waals surface area contributed by atoms with Crippen LogP contribution < -0.4 is 11.1 Å². The summed E-state index contributed by atoms with van der Waals surface area (Å²) < 4.78 is 0. The van der Waals surface area contributed by atoms with Gasteiger partial charge in [0.25, 0.3) is 0 Å². The molecular weight excluding hydrogens is 219 g/mol. The van der Waals surface area contributed by atoms with E-state index in [0.717, 1.165) is 6.42 Å². The fraction of sp³-hybridized carbons (Fsp3) is 0.750. The molecule has 0 aromatic rings. The number of amides is 2. The molecule has 8 heavy (non-hydrogen) atoms. The smallest absolute Gasteiger partial charge is 0.312 e. The third-order valence-electron chi connectivity index (χ3n) is 0.549. The van der Waals surface area contributed by atoms with Crippen molar-refractivity contribution in [2.75, 3.05) is 6.54 Å². The molecule has 0 saturated carbocycles. The quantitative estimate of drug-likeness (QED) is 0.673. The third-order valence-corrected chi connectivity index (χ3v) is 0.549. The van der Waals surface area contributed by atoms with Gasteiger partial charge in [0, 0.05) is 6.54 Å². The topological polar surface area (TPSA) is 55.1 Å². The van der Waals surface area contributed by atoms with Crippen LogP contribution in [0.1, 0.15) is 13.3 Å². The normalized spacial score (nSPS) is 7.12. The minimum absolute atomic E-state index is 0. The van der Waals surface area contributed by atoms with E-state index in [4.69, 9.17) is 5.73 Å². The standard InChI is InChI=1S/C4H10N2O.HI/c1-2-3-6-4(5)7;/h2-3H2,1H3,(H3,5,6,7);1H. The van der Waals surface area contributed by atoms with Crippen molar-refractivity contribution in [2.45, 2.75) is 13.3 Å². The van der Waals surface area contributed by atoms with E-state index in [-0.39, 0.29) is 24.0 Å². The lowest BCUT2D eigenvalue weighted by Crippen LogP contribution is -2.29. The molecular formula is C4H11IN2O. The Hall–Kier alpha value is 0. The van der Waals surface area contributed by atoms with Crippen molar-refractivity contribution < 1.29 is 4.79 Å². The van der Waals surface area contributed by atoms with Crippen LogP contribution in [0, 0.1) is 0 Å². The molecule has 2 amide bonds. The van der Waals surface area contributed by atoms with E-state index in [2.05, 4.69) is 5.32 Å². The molecule has 0 fully saturated rings. The Labute approximate surface area is 66.0 Å². The lowest BCUT2D eigenvalue weighted by atomic mass is 10.5. The van der Waals surface area contributed by atoms with Gasteiger partial charge < -0.3 is 11.1 Å². The minimum atomic E-state index is -0.443. The monoisotopic (exact) mass is 230 g/mol. The van der Waals surface area contributed by atoms with Gasteiger partial charge >= 0.3 is 6.03 Å². The molecule has 0 spiro atoms. The molecule has 0 bridgehead atoms. The van der Waals surface area contributed by atoms with E-state index in [1.165, 1.54) is 0 Å². The molecule has 0 aliphatic carbocycles. The summed E-state index contributed by atoms with van der Waals surface area (Å²) in [7, 11) is 0. The van der Waals surface area contributed by atoms with E-state index >= 15 is 0 Å². The number of nitrogens with two attached hydrogens (primary N) is 1.